The van der Waals surface area contributed by atoms with Crippen LogP contribution in [-0.2, 0) is 4.74 Å². The lowest BCUT2D eigenvalue weighted by molar-refractivity contribution is 0.0696. The monoisotopic (exact) mass is 265 g/mol. The Bertz CT molecular complexity index is 472. The van der Waals surface area contributed by atoms with Crippen LogP contribution in [0.1, 0.15) is 23.2 Å². The van der Waals surface area contributed by atoms with Gasteiger partial charge in [-0.2, -0.15) is 0 Å². The summed E-state index contributed by atoms with van der Waals surface area (Å²) in [5.41, 5.74) is 0.368. The number of aromatic carboxylic acids is 1. The molecule has 1 unspecified atom stereocenters. The first-order chi connectivity index (χ1) is 9.15. The summed E-state index contributed by atoms with van der Waals surface area (Å²) in [5, 5.41) is 14.1. The zero-order chi connectivity index (χ0) is 13.7. The molecule has 1 aliphatic rings. The van der Waals surface area contributed by atoms with Crippen molar-refractivity contribution in [1.82, 2.24) is 10.3 Å². The van der Waals surface area contributed by atoms with E-state index in [1.165, 1.54) is 18.5 Å². The smallest absolute Gasteiger partial charge is 0.337 e. The van der Waals surface area contributed by atoms with Gasteiger partial charge in [-0.05, 0) is 18.9 Å². The molecule has 19 heavy (non-hydrogen) atoms. The van der Waals surface area contributed by atoms with E-state index >= 15 is 0 Å². The lowest BCUT2D eigenvalue weighted by Gasteiger charge is -2.23. The fraction of sp³-hybridized carbons (Fsp3) is 0.417. The molecule has 0 aliphatic carbocycles. The highest BCUT2D eigenvalue weighted by Gasteiger charge is 2.16. The van der Waals surface area contributed by atoms with E-state index in [1.807, 2.05) is 0 Å². The molecule has 0 bridgehead atoms. The average Bonchev–Trinajstić information content (AvgIpc) is 2.40. The van der Waals surface area contributed by atoms with E-state index in [9.17, 15) is 9.59 Å². The molecule has 1 aromatic heterocycles. The third-order valence-electron chi connectivity index (χ3n) is 2.74. The van der Waals surface area contributed by atoms with Crippen LogP contribution < -0.4 is 10.6 Å². The number of carboxylic acid groups (broad SMARTS) is 1. The second kappa shape index (κ2) is 6.14. The molecule has 0 saturated carbocycles. The number of urea groups is 1. The molecule has 0 aromatic carbocycles. The second-order valence-electron chi connectivity index (χ2n) is 4.28. The van der Waals surface area contributed by atoms with Gasteiger partial charge >= 0.3 is 12.0 Å². The fourth-order valence-electron chi connectivity index (χ4n) is 1.83. The number of carboxylic acids is 1. The van der Waals surface area contributed by atoms with Gasteiger partial charge < -0.3 is 20.5 Å². The SMILES string of the molecule is O=C(Nc1cncc(C(=O)O)c1)NC1CCCOC1. The van der Waals surface area contributed by atoms with E-state index in [1.54, 1.807) is 0 Å². The number of nitrogens with one attached hydrogen (secondary N) is 2. The first-order valence-electron chi connectivity index (χ1n) is 5.99. The van der Waals surface area contributed by atoms with Gasteiger partial charge in [0, 0.05) is 12.8 Å². The number of carbonyl (C=O) groups excluding carboxylic acids is 1. The fourth-order valence-corrected chi connectivity index (χ4v) is 1.83. The minimum atomic E-state index is -1.09. The molecule has 2 rings (SSSR count). The maximum atomic E-state index is 11.7. The van der Waals surface area contributed by atoms with Gasteiger partial charge in [-0.25, -0.2) is 9.59 Å². The van der Waals surface area contributed by atoms with Crippen LogP contribution in [0.4, 0.5) is 10.5 Å². The summed E-state index contributed by atoms with van der Waals surface area (Å²) >= 11 is 0. The molecule has 102 valence electrons. The van der Waals surface area contributed by atoms with Crippen molar-refractivity contribution < 1.29 is 19.4 Å². The minimum absolute atomic E-state index is 0.00985. The number of amides is 2. The molecule has 1 saturated heterocycles. The Morgan fingerprint density at radius 2 is 2.26 bits per heavy atom. The zero-order valence-corrected chi connectivity index (χ0v) is 10.3. The van der Waals surface area contributed by atoms with Crippen LogP contribution in [0.5, 0.6) is 0 Å². The van der Waals surface area contributed by atoms with Crippen molar-refractivity contribution in [2.24, 2.45) is 0 Å². The topological polar surface area (TPSA) is 101 Å². The number of anilines is 1. The van der Waals surface area contributed by atoms with Gasteiger partial charge in [0.15, 0.2) is 0 Å². The number of hydrogen-bond acceptors (Lipinski definition) is 4. The van der Waals surface area contributed by atoms with E-state index < -0.39 is 5.97 Å². The molecule has 1 fully saturated rings. The maximum absolute atomic E-state index is 11.7. The standard InChI is InChI=1S/C12H15N3O4/c16-11(17)8-4-10(6-13-5-8)15-12(18)14-9-2-1-3-19-7-9/h4-6,9H,1-3,7H2,(H,16,17)(H2,14,15,18). The van der Waals surface area contributed by atoms with Crippen LogP contribution in [-0.4, -0.2) is 41.3 Å². The third-order valence-corrected chi connectivity index (χ3v) is 2.74. The van der Waals surface area contributed by atoms with Crippen molar-refractivity contribution in [1.29, 1.82) is 0 Å². The number of carbonyl (C=O) groups is 2. The number of rotatable bonds is 3. The molecular formula is C12H15N3O4. The number of aromatic nitrogens is 1. The van der Waals surface area contributed by atoms with E-state index in [-0.39, 0.29) is 17.6 Å². The van der Waals surface area contributed by atoms with E-state index in [0.717, 1.165) is 19.4 Å². The summed E-state index contributed by atoms with van der Waals surface area (Å²) in [5.74, 6) is -1.09. The van der Waals surface area contributed by atoms with Crippen LogP contribution in [0.2, 0.25) is 0 Å². The molecule has 7 nitrogen and oxygen atoms in total. The lowest BCUT2D eigenvalue weighted by Crippen LogP contribution is -2.42. The maximum Gasteiger partial charge on any atom is 0.337 e. The largest absolute Gasteiger partial charge is 0.478 e. The van der Waals surface area contributed by atoms with Crippen LogP contribution in [0.3, 0.4) is 0 Å². The Hall–Kier alpha value is -2.15. The van der Waals surface area contributed by atoms with Crippen LogP contribution in [0, 0.1) is 0 Å². The first kappa shape index (κ1) is 13.3. The Labute approximate surface area is 110 Å². The highest BCUT2D eigenvalue weighted by molar-refractivity contribution is 5.92. The highest BCUT2D eigenvalue weighted by atomic mass is 16.5. The zero-order valence-electron chi connectivity index (χ0n) is 10.3. The quantitative estimate of drug-likeness (QED) is 0.759. The van der Waals surface area contributed by atoms with Crippen molar-refractivity contribution in [3.05, 3.63) is 24.0 Å². The van der Waals surface area contributed by atoms with Crippen molar-refractivity contribution in [3.63, 3.8) is 0 Å². The summed E-state index contributed by atoms with van der Waals surface area (Å²) in [6.45, 7) is 1.23. The molecular weight excluding hydrogens is 250 g/mol. The van der Waals surface area contributed by atoms with Crippen molar-refractivity contribution in [2.45, 2.75) is 18.9 Å². The van der Waals surface area contributed by atoms with Gasteiger partial charge in [0.2, 0.25) is 0 Å². The summed E-state index contributed by atoms with van der Waals surface area (Å²) in [4.78, 5) is 26.2. The molecule has 2 heterocycles. The van der Waals surface area contributed by atoms with Gasteiger partial charge in [-0.15, -0.1) is 0 Å². The van der Waals surface area contributed by atoms with Crippen LogP contribution in [0.25, 0.3) is 0 Å². The molecule has 1 atom stereocenters. The molecule has 1 aromatic rings. The lowest BCUT2D eigenvalue weighted by atomic mass is 10.1. The van der Waals surface area contributed by atoms with Gasteiger partial charge in [0.1, 0.15) is 0 Å². The van der Waals surface area contributed by atoms with Crippen molar-refractivity contribution in [3.8, 4) is 0 Å². The van der Waals surface area contributed by atoms with E-state index in [4.69, 9.17) is 9.84 Å². The molecule has 7 heteroatoms. The summed E-state index contributed by atoms with van der Waals surface area (Å²) < 4.78 is 5.25. The van der Waals surface area contributed by atoms with Gasteiger partial charge in [0.05, 0.1) is 30.1 Å². The molecule has 2 amide bonds. The number of hydrogen-bond donors (Lipinski definition) is 3. The van der Waals surface area contributed by atoms with Crippen LogP contribution >= 0.6 is 0 Å². The number of ether oxygens (including phenoxy) is 1. The molecule has 3 N–H and O–H groups in total. The summed E-state index contributed by atoms with van der Waals surface area (Å²) in [6.07, 6.45) is 4.41. The summed E-state index contributed by atoms with van der Waals surface area (Å²) in [7, 11) is 0. The second-order valence-corrected chi connectivity index (χ2v) is 4.28. The highest BCUT2D eigenvalue weighted by Crippen LogP contribution is 2.09. The third kappa shape index (κ3) is 3.92. The number of pyridine rings is 1. The Morgan fingerprint density at radius 1 is 1.42 bits per heavy atom. The molecule has 0 spiro atoms. The van der Waals surface area contributed by atoms with E-state index in [2.05, 4.69) is 15.6 Å². The average molecular weight is 265 g/mol. The molecule has 0 radical (unpaired) electrons. The Morgan fingerprint density at radius 3 is 2.95 bits per heavy atom. The van der Waals surface area contributed by atoms with Gasteiger partial charge in [0.25, 0.3) is 0 Å². The minimum Gasteiger partial charge on any atom is -0.478 e. The van der Waals surface area contributed by atoms with Crippen molar-refractivity contribution in [2.75, 3.05) is 18.5 Å². The first-order valence-corrected chi connectivity index (χ1v) is 5.99. The van der Waals surface area contributed by atoms with Crippen LogP contribution in [0.15, 0.2) is 18.5 Å². The Kier molecular flexibility index (Phi) is 4.30. The Balaban J connectivity index is 1.90. The molecule has 1 aliphatic heterocycles. The number of nitrogens with zero attached hydrogens (tertiary/aromatic N) is 1. The predicted molar refractivity (Wildman–Crippen MR) is 67.2 cm³/mol. The predicted octanol–water partition coefficient (Wildman–Crippen LogP) is 1.08. The van der Waals surface area contributed by atoms with E-state index in [0.29, 0.717) is 12.3 Å². The van der Waals surface area contributed by atoms with Crippen molar-refractivity contribution >= 4 is 17.7 Å². The normalized spacial score (nSPS) is 18.6. The van der Waals surface area contributed by atoms with Gasteiger partial charge in [-0.3, -0.25) is 4.98 Å². The summed E-state index contributed by atoms with van der Waals surface area (Å²) in [6, 6.07) is 0.955. The van der Waals surface area contributed by atoms with Gasteiger partial charge in [-0.1, -0.05) is 0 Å².